The summed E-state index contributed by atoms with van der Waals surface area (Å²) in [5.74, 6) is -0.145. The van der Waals surface area contributed by atoms with E-state index in [2.05, 4.69) is 55.3 Å². The lowest BCUT2D eigenvalue weighted by Crippen LogP contribution is -2.48. The largest absolute Gasteiger partial charge is 0.369 e. The fraction of sp³-hybridized carbons (Fsp3) is 0.368. The first-order valence-corrected chi connectivity index (χ1v) is 9.56. The van der Waals surface area contributed by atoms with Gasteiger partial charge in [-0.1, -0.05) is 18.2 Å². The topological polar surface area (TPSA) is 57.6 Å². The van der Waals surface area contributed by atoms with Gasteiger partial charge >= 0.3 is 0 Å². The summed E-state index contributed by atoms with van der Waals surface area (Å²) in [7, 11) is 0. The molecule has 1 N–H and O–H groups in total. The Hall–Kier alpha value is -2.12. The highest BCUT2D eigenvalue weighted by Gasteiger charge is 2.16. The SMILES string of the molecule is O=C(Cn1cc(Br)ccc1=O)NCCN1CCN(c2ccccc2)CC1. The molecule has 1 aliphatic heterocycles. The van der Waals surface area contributed by atoms with Crippen LogP contribution in [0.5, 0.6) is 0 Å². The van der Waals surface area contributed by atoms with E-state index in [0.717, 1.165) is 37.2 Å². The molecule has 0 spiro atoms. The summed E-state index contributed by atoms with van der Waals surface area (Å²) in [5.41, 5.74) is 1.08. The van der Waals surface area contributed by atoms with Gasteiger partial charge in [-0.3, -0.25) is 14.5 Å². The number of carbonyl (C=O) groups is 1. The summed E-state index contributed by atoms with van der Waals surface area (Å²) in [5, 5.41) is 2.90. The molecule has 0 unspecified atom stereocenters. The molecule has 6 nitrogen and oxygen atoms in total. The maximum atomic E-state index is 12.0. The van der Waals surface area contributed by atoms with E-state index in [-0.39, 0.29) is 18.0 Å². The lowest BCUT2D eigenvalue weighted by molar-refractivity contribution is -0.121. The van der Waals surface area contributed by atoms with Gasteiger partial charge in [0.25, 0.3) is 5.56 Å². The Bertz CT molecular complexity index is 786. The van der Waals surface area contributed by atoms with Crippen molar-refractivity contribution in [1.82, 2.24) is 14.8 Å². The molecule has 1 aromatic heterocycles. The number of carbonyl (C=O) groups excluding carboxylic acids is 1. The van der Waals surface area contributed by atoms with E-state index in [0.29, 0.717) is 6.54 Å². The van der Waals surface area contributed by atoms with Crippen LogP contribution < -0.4 is 15.8 Å². The third-order valence-electron chi connectivity index (χ3n) is 4.51. The van der Waals surface area contributed by atoms with E-state index < -0.39 is 0 Å². The summed E-state index contributed by atoms with van der Waals surface area (Å²) < 4.78 is 2.18. The van der Waals surface area contributed by atoms with Crippen LogP contribution in [-0.2, 0) is 11.3 Å². The highest BCUT2D eigenvalue weighted by Crippen LogP contribution is 2.15. The van der Waals surface area contributed by atoms with Gasteiger partial charge in [0.05, 0.1) is 0 Å². The van der Waals surface area contributed by atoms with Crippen molar-refractivity contribution in [3.05, 3.63) is 63.5 Å². The Morgan fingerprint density at radius 3 is 2.50 bits per heavy atom. The van der Waals surface area contributed by atoms with Crippen molar-refractivity contribution in [1.29, 1.82) is 0 Å². The van der Waals surface area contributed by atoms with Crippen LogP contribution in [0.15, 0.2) is 57.9 Å². The van der Waals surface area contributed by atoms with E-state index in [4.69, 9.17) is 0 Å². The molecule has 0 bridgehead atoms. The van der Waals surface area contributed by atoms with Crippen LogP contribution >= 0.6 is 15.9 Å². The van der Waals surface area contributed by atoms with Crippen molar-refractivity contribution in [3.63, 3.8) is 0 Å². The van der Waals surface area contributed by atoms with Crippen molar-refractivity contribution < 1.29 is 4.79 Å². The Balaban J connectivity index is 1.38. The van der Waals surface area contributed by atoms with Crippen molar-refractivity contribution in [2.45, 2.75) is 6.54 Å². The lowest BCUT2D eigenvalue weighted by atomic mass is 10.2. The molecule has 0 aliphatic carbocycles. The van der Waals surface area contributed by atoms with E-state index >= 15 is 0 Å². The number of piperazine rings is 1. The molecule has 138 valence electrons. The molecule has 7 heteroatoms. The van der Waals surface area contributed by atoms with Crippen molar-refractivity contribution in [2.75, 3.05) is 44.2 Å². The predicted octanol–water partition coefficient (Wildman–Crippen LogP) is 1.55. The number of rotatable bonds is 6. The van der Waals surface area contributed by atoms with Crippen molar-refractivity contribution in [3.8, 4) is 0 Å². The van der Waals surface area contributed by atoms with Crippen LogP contribution in [0.2, 0.25) is 0 Å². The van der Waals surface area contributed by atoms with Crippen LogP contribution in [0.1, 0.15) is 0 Å². The monoisotopic (exact) mass is 418 g/mol. The summed E-state index contributed by atoms with van der Waals surface area (Å²) in [6.45, 7) is 5.40. The van der Waals surface area contributed by atoms with E-state index in [1.807, 2.05) is 6.07 Å². The zero-order valence-electron chi connectivity index (χ0n) is 14.6. The summed E-state index contributed by atoms with van der Waals surface area (Å²) in [4.78, 5) is 28.5. The number of para-hydroxylation sites is 1. The quantitative estimate of drug-likeness (QED) is 0.772. The zero-order valence-corrected chi connectivity index (χ0v) is 16.2. The minimum atomic E-state index is -0.180. The Morgan fingerprint density at radius 1 is 1.04 bits per heavy atom. The number of hydrogen-bond acceptors (Lipinski definition) is 4. The van der Waals surface area contributed by atoms with E-state index in [1.54, 1.807) is 12.3 Å². The van der Waals surface area contributed by atoms with Gasteiger partial charge in [0, 0.05) is 61.7 Å². The highest BCUT2D eigenvalue weighted by molar-refractivity contribution is 9.10. The number of nitrogens with zero attached hydrogens (tertiary/aromatic N) is 3. The van der Waals surface area contributed by atoms with Gasteiger partial charge in [-0.2, -0.15) is 0 Å². The average molecular weight is 419 g/mol. The number of amides is 1. The zero-order chi connectivity index (χ0) is 18.4. The van der Waals surface area contributed by atoms with Crippen LogP contribution in [0.25, 0.3) is 0 Å². The van der Waals surface area contributed by atoms with Gasteiger partial charge in [-0.05, 0) is 34.1 Å². The minimum absolute atomic E-state index is 0.0417. The van der Waals surface area contributed by atoms with Gasteiger partial charge in [0.1, 0.15) is 6.54 Å². The molecule has 1 amide bonds. The van der Waals surface area contributed by atoms with Crippen LogP contribution in [0, 0.1) is 0 Å². The van der Waals surface area contributed by atoms with Crippen molar-refractivity contribution in [2.24, 2.45) is 0 Å². The molecule has 26 heavy (non-hydrogen) atoms. The number of nitrogens with one attached hydrogen (secondary N) is 1. The molecule has 3 rings (SSSR count). The molecule has 1 aromatic carbocycles. The van der Waals surface area contributed by atoms with Gasteiger partial charge in [-0.15, -0.1) is 0 Å². The number of hydrogen-bond donors (Lipinski definition) is 1. The second-order valence-electron chi connectivity index (χ2n) is 6.33. The molecule has 0 saturated carbocycles. The first kappa shape index (κ1) is 18.7. The van der Waals surface area contributed by atoms with Gasteiger partial charge < -0.3 is 14.8 Å². The normalized spacial score (nSPS) is 15.0. The molecule has 2 aromatic rings. The maximum Gasteiger partial charge on any atom is 0.251 e. The Kier molecular flexibility index (Phi) is 6.46. The first-order valence-electron chi connectivity index (χ1n) is 8.77. The summed E-state index contributed by atoms with van der Waals surface area (Å²) >= 11 is 3.31. The molecular formula is C19H23BrN4O2. The molecule has 1 saturated heterocycles. The summed E-state index contributed by atoms with van der Waals surface area (Å²) in [6, 6.07) is 13.6. The van der Waals surface area contributed by atoms with E-state index in [9.17, 15) is 9.59 Å². The molecule has 1 aliphatic rings. The van der Waals surface area contributed by atoms with Crippen LogP contribution in [0.3, 0.4) is 0 Å². The van der Waals surface area contributed by atoms with Crippen LogP contribution in [0.4, 0.5) is 5.69 Å². The maximum absolute atomic E-state index is 12.0. The minimum Gasteiger partial charge on any atom is -0.369 e. The second-order valence-corrected chi connectivity index (χ2v) is 7.24. The fourth-order valence-corrected chi connectivity index (χ4v) is 3.44. The molecular weight excluding hydrogens is 396 g/mol. The fourth-order valence-electron chi connectivity index (χ4n) is 3.06. The highest BCUT2D eigenvalue weighted by atomic mass is 79.9. The number of halogens is 1. The molecule has 0 atom stereocenters. The third-order valence-corrected chi connectivity index (χ3v) is 4.97. The number of anilines is 1. The first-order chi connectivity index (χ1) is 12.6. The number of aromatic nitrogens is 1. The van der Waals surface area contributed by atoms with E-state index in [1.165, 1.54) is 16.3 Å². The molecule has 0 radical (unpaired) electrons. The molecule has 2 heterocycles. The van der Waals surface area contributed by atoms with Crippen LogP contribution in [-0.4, -0.2) is 54.6 Å². The number of benzene rings is 1. The standard InChI is InChI=1S/C19H23BrN4O2/c20-16-6-7-19(26)24(14-16)15-18(25)21-8-9-22-10-12-23(13-11-22)17-4-2-1-3-5-17/h1-7,14H,8-13,15H2,(H,21,25). The predicted molar refractivity (Wildman–Crippen MR) is 107 cm³/mol. The van der Waals surface area contributed by atoms with Gasteiger partial charge in [0.2, 0.25) is 5.91 Å². The Morgan fingerprint density at radius 2 is 1.77 bits per heavy atom. The Labute approximate surface area is 161 Å². The summed E-state index contributed by atoms with van der Waals surface area (Å²) in [6.07, 6.45) is 1.63. The third kappa shape index (κ3) is 5.19. The molecule has 1 fully saturated rings. The number of pyridine rings is 1. The smallest absolute Gasteiger partial charge is 0.251 e. The van der Waals surface area contributed by atoms with Crippen molar-refractivity contribution >= 4 is 27.5 Å². The second kappa shape index (κ2) is 9.00. The lowest BCUT2D eigenvalue weighted by Gasteiger charge is -2.36. The van der Waals surface area contributed by atoms with Gasteiger partial charge in [0.15, 0.2) is 0 Å². The average Bonchev–Trinajstić information content (AvgIpc) is 2.66. The van der Waals surface area contributed by atoms with Gasteiger partial charge in [-0.25, -0.2) is 0 Å².